The lowest BCUT2D eigenvalue weighted by Gasteiger charge is -2.28. The molecule has 1 heterocycles. The summed E-state index contributed by atoms with van der Waals surface area (Å²) in [4.78, 5) is 15.1. The highest BCUT2D eigenvalue weighted by molar-refractivity contribution is 7.92. The van der Waals surface area contributed by atoms with E-state index in [1.54, 1.807) is 0 Å². The highest BCUT2D eigenvalue weighted by Gasteiger charge is 2.30. The highest BCUT2D eigenvalue weighted by atomic mass is 32.2. The van der Waals surface area contributed by atoms with Gasteiger partial charge >= 0.3 is 0 Å². The summed E-state index contributed by atoms with van der Waals surface area (Å²) in [6.07, 6.45) is 4.77. The summed E-state index contributed by atoms with van der Waals surface area (Å²) in [5.74, 6) is -1.19. The van der Waals surface area contributed by atoms with Crippen molar-refractivity contribution in [3.05, 3.63) is 65.5 Å². The predicted octanol–water partition coefficient (Wildman–Crippen LogP) is 3.28. The number of para-hydroxylation sites is 1. The number of rotatable bonds is 8. The van der Waals surface area contributed by atoms with Crippen molar-refractivity contribution in [1.82, 2.24) is 10.2 Å². The van der Waals surface area contributed by atoms with Gasteiger partial charge in [-0.25, -0.2) is 12.8 Å². The van der Waals surface area contributed by atoms with E-state index in [1.807, 2.05) is 12.1 Å². The van der Waals surface area contributed by atoms with Gasteiger partial charge in [0, 0.05) is 13.1 Å². The fraction of sp³-hybridized carbons (Fsp3) is 0.435. The Hall–Kier alpha value is -2.45. The number of nitrogens with zero attached hydrogens (tertiary/aromatic N) is 2. The number of hydrogen-bond donors (Lipinski definition) is 1. The van der Waals surface area contributed by atoms with Crippen molar-refractivity contribution in [2.45, 2.75) is 45.3 Å². The molecule has 1 unspecified atom stereocenters. The van der Waals surface area contributed by atoms with E-state index >= 15 is 0 Å². The molecule has 6 nitrogen and oxygen atoms in total. The fourth-order valence-corrected chi connectivity index (χ4v) is 5.06. The van der Waals surface area contributed by atoms with Crippen LogP contribution in [0.5, 0.6) is 0 Å². The molecule has 0 aliphatic carbocycles. The van der Waals surface area contributed by atoms with Gasteiger partial charge in [-0.3, -0.25) is 14.0 Å². The molecule has 0 radical (unpaired) electrons. The number of benzene rings is 2. The van der Waals surface area contributed by atoms with Gasteiger partial charge < -0.3 is 5.32 Å². The van der Waals surface area contributed by atoms with Crippen molar-refractivity contribution < 1.29 is 17.6 Å². The second kappa shape index (κ2) is 10.2. The van der Waals surface area contributed by atoms with Gasteiger partial charge in [-0.1, -0.05) is 42.8 Å². The topological polar surface area (TPSA) is 69.7 Å². The third-order valence-corrected chi connectivity index (χ3v) is 6.75. The second-order valence-electron chi connectivity index (χ2n) is 8.06. The Morgan fingerprint density at radius 1 is 1.06 bits per heavy atom. The number of nitrogens with one attached hydrogen (secondary N) is 1. The first-order valence-electron chi connectivity index (χ1n) is 10.6. The number of piperidine rings is 1. The lowest BCUT2D eigenvalue weighted by atomic mass is 10.1. The smallest absolute Gasteiger partial charge is 0.243 e. The molecule has 1 aliphatic rings. The number of amides is 1. The van der Waals surface area contributed by atoms with Crippen LogP contribution >= 0.6 is 0 Å². The van der Waals surface area contributed by atoms with Gasteiger partial charge in [0.05, 0.1) is 11.9 Å². The first-order chi connectivity index (χ1) is 14.8. The van der Waals surface area contributed by atoms with E-state index in [9.17, 15) is 17.6 Å². The zero-order chi connectivity index (χ0) is 22.4. The summed E-state index contributed by atoms with van der Waals surface area (Å²) in [6.45, 7) is 4.91. The largest absolute Gasteiger partial charge is 0.350 e. The van der Waals surface area contributed by atoms with Crippen LogP contribution in [0.1, 0.15) is 37.3 Å². The molecule has 1 aliphatic heterocycles. The Morgan fingerprint density at radius 3 is 2.29 bits per heavy atom. The monoisotopic (exact) mass is 447 g/mol. The molecule has 1 saturated heterocycles. The van der Waals surface area contributed by atoms with Crippen LogP contribution in [-0.4, -0.2) is 44.6 Å². The van der Waals surface area contributed by atoms with E-state index in [1.165, 1.54) is 56.0 Å². The average molecular weight is 448 g/mol. The van der Waals surface area contributed by atoms with Crippen LogP contribution in [0.4, 0.5) is 10.1 Å². The summed E-state index contributed by atoms with van der Waals surface area (Å²) < 4.78 is 39.6. The van der Waals surface area contributed by atoms with E-state index in [4.69, 9.17) is 0 Å². The maximum atomic E-state index is 14.2. The molecule has 1 amide bonds. The van der Waals surface area contributed by atoms with E-state index in [0.717, 1.165) is 35.8 Å². The predicted molar refractivity (Wildman–Crippen MR) is 121 cm³/mol. The zero-order valence-corrected chi connectivity index (χ0v) is 18.9. The van der Waals surface area contributed by atoms with Gasteiger partial charge in [0.2, 0.25) is 15.9 Å². The minimum Gasteiger partial charge on any atom is -0.350 e. The number of likely N-dealkylation sites (tertiary alicyclic amines) is 1. The summed E-state index contributed by atoms with van der Waals surface area (Å²) in [7, 11) is -3.86. The Kier molecular flexibility index (Phi) is 7.67. The van der Waals surface area contributed by atoms with E-state index in [-0.39, 0.29) is 12.2 Å². The van der Waals surface area contributed by atoms with E-state index in [0.29, 0.717) is 0 Å². The molecule has 1 fully saturated rings. The van der Waals surface area contributed by atoms with Gasteiger partial charge in [-0.05, 0) is 56.1 Å². The van der Waals surface area contributed by atoms with Crippen molar-refractivity contribution >= 4 is 21.6 Å². The number of carbonyl (C=O) groups is 1. The first-order valence-corrected chi connectivity index (χ1v) is 12.4. The molecule has 2 aromatic carbocycles. The number of carbonyl (C=O) groups excluding carboxylic acids is 1. The number of anilines is 1. The standard InChI is InChI=1S/C23H30FN3O3S/c1-18(27(31(2,29)30)22-9-5-4-8-21(22)24)23(28)25-16-19-10-12-20(13-11-19)17-26-14-6-3-7-15-26/h4-5,8-13,18H,3,6-7,14-17H2,1-2H3,(H,25,28). The van der Waals surface area contributed by atoms with Gasteiger partial charge in [0.15, 0.2) is 0 Å². The molecular weight excluding hydrogens is 417 g/mol. The Morgan fingerprint density at radius 2 is 1.68 bits per heavy atom. The van der Waals surface area contributed by atoms with Gasteiger partial charge in [0.1, 0.15) is 11.9 Å². The summed E-state index contributed by atoms with van der Waals surface area (Å²) >= 11 is 0. The lowest BCUT2D eigenvalue weighted by Crippen LogP contribution is -2.48. The van der Waals surface area contributed by atoms with Crippen molar-refractivity contribution in [3.8, 4) is 0 Å². The van der Waals surface area contributed by atoms with Crippen LogP contribution in [0.15, 0.2) is 48.5 Å². The highest BCUT2D eigenvalue weighted by Crippen LogP contribution is 2.24. The average Bonchev–Trinajstić information content (AvgIpc) is 2.74. The Labute approximate surface area is 184 Å². The van der Waals surface area contributed by atoms with Crippen LogP contribution in [0.3, 0.4) is 0 Å². The molecule has 0 saturated carbocycles. The number of hydrogen-bond acceptors (Lipinski definition) is 4. The number of halogens is 1. The lowest BCUT2D eigenvalue weighted by molar-refractivity contribution is -0.122. The molecule has 0 spiro atoms. The van der Waals surface area contributed by atoms with Crippen LogP contribution in [0, 0.1) is 5.82 Å². The van der Waals surface area contributed by atoms with Crippen LogP contribution in [0.2, 0.25) is 0 Å². The summed E-state index contributed by atoms with van der Waals surface area (Å²) in [5, 5.41) is 2.76. The quantitative estimate of drug-likeness (QED) is 0.674. The van der Waals surface area contributed by atoms with Crippen LogP contribution in [-0.2, 0) is 27.9 Å². The van der Waals surface area contributed by atoms with Gasteiger partial charge in [-0.2, -0.15) is 0 Å². The Bertz CT molecular complexity index is 989. The van der Waals surface area contributed by atoms with Crippen LogP contribution < -0.4 is 9.62 Å². The third kappa shape index (κ3) is 6.27. The first kappa shape index (κ1) is 23.2. The SMILES string of the molecule is CC(C(=O)NCc1ccc(CN2CCCCC2)cc1)N(c1ccccc1F)S(C)(=O)=O. The minimum atomic E-state index is -3.86. The zero-order valence-electron chi connectivity index (χ0n) is 18.1. The second-order valence-corrected chi connectivity index (χ2v) is 9.92. The maximum Gasteiger partial charge on any atom is 0.243 e. The van der Waals surface area contributed by atoms with E-state index < -0.39 is 27.8 Å². The normalized spacial score (nSPS) is 16.0. The molecule has 1 atom stereocenters. The number of sulfonamides is 1. The van der Waals surface area contributed by atoms with E-state index in [2.05, 4.69) is 22.3 Å². The third-order valence-electron chi connectivity index (χ3n) is 5.52. The fourth-order valence-electron chi connectivity index (χ4n) is 3.89. The molecule has 0 bridgehead atoms. The summed E-state index contributed by atoms with van der Waals surface area (Å²) in [5.41, 5.74) is 2.00. The molecule has 1 N–H and O–H groups in total. The maximum absolute atomic E-state index is 14.2. The van der Waals surface area contributed by atoms with Crippen molar-refractivity contribution in [1.29, 1.82) is 0 Å². The molecule has 0 aromatic heterocycles. The molecule has 8 heteroatoms. The molecule has 2 aromatic rings. The van der Waals surface area contributed by atoms with Gasteiger partial charge in [0.25, 0.3) is 0 Å². The molecule has 31 heavy (non-hydrogen) atoms. The molecular formula is C23H30FN3O3S. The molecule has 168 valence electrons. The minimum absolute atomic E-state index is 0.144. The van der Waals surface area contributed by atoms with Crippen molar-refractivity contribution in [2.24, 2.45) is 0 Å². The van der Waals surface area contributed by atoms with Crippen LogP contribution in [0.25, 0.3) is 0 Å². The van der Waals surface area contributed by atoms with Crippen molar-refractivity contribution in [3.63, 3.8) is 0 Å². The van der Waals surface area contributed by atoms with Gasteiger partial charge in [-0.15, -0.1) is 0 Å². The summed E-state index contributed by atoms with van der Waals surface area (Å²) in [6, 6.07) is 12.5. The molecule has 3 rings (SSSR count). The van der Waals surface area contributed by atoms with Crippen molar-refractivity contribution in [2.75, 3.05) is 23.7 Å². The Balaban J connectivity index is 1.61.